The molecule has 0 aliphatic heterocycles. The third-order valence-electron chi connectivity index (χ3n) is 4.21. The second-order valence-corrected chi connectivity index (χ2v) is 6.62. The van der Waals surface area contributed by atoms with Gasteiger partial charge in [-0.25, -0.2) is 0 Å². The third kappa shape index (κ3) is 4.61. The molecule has 0 radical (unpaired) electrons. The molecule has 1 aliphatic rings. The summed E-state index contributed by atoms with van der Waals surface area (Å²) in [5.74, 6) is 0.812. The van der Waals surface area contributed by atoms with E-state index in [9.17, 15) is 0 Å². The molecule has 0 amide bonds. The van der Waals surface area contributed by atoms with E-state index >= 15 is 0 Å². The summed E-state index contributed by atoms with van der Waals surface area (Å²) in [5, 5.41) is 0. The molecule has 19 heavy (non-hydrogen) atoms. The molecule has 1 atom stereocenters. The molecule has 0 aromatic heterocycles. The minimum Gasteiger partial charge on any atom is -0.384 e. The number of alkyl halides is 1. The Hall–Kier alpha value is -0.340. The van der Waals surface area contributed by atoms with E-state index in [4.69, 9.17) is 4.74 Å². The van der Waals surface area contributed by atoms with Crippen molar-refractivity contribution in [3.63, 3.8) is 0 Å². The van der Waals surface area contributed by atoms with Crippen molar-refractivity contribution in [1.82, 2.24) is 0 Å². The van der Waals surface area contributed by atoms with Crippen LogP contribution in [0, 0.1) is 5.92 Å². The van der Waals surface area contributed by atoms with Crippen LogP contribution in [-0.2, 0) is 11.2 Å². The van der Waals surface area contributed by atoms with Gasteiger partial charge in [0.2, 0.25) is 0 Å². The van der Waals surface area contributed by atoms with Crippen molar-refractivity contribution < 1.29 is 4.74 Å². The summed E-state index contributed by atoms with van der Waals surface area (Å²) in [6.45, 7) is 0.805. The van der Waals surface area contributed by atoms with E-state index in [0.717, 1.165) is 18.9 Å². The quantitative estimate of drug-likeness (QED) is 0.528. The van der Waals surface area contributed by atoms with Gasteiger partial charge in [-0.15, -0.1) is 0 Å². The van der Waals surface area contributed by atoms with Gasteiger partial charge < -0.3 is 4.74 Å². The summed E-state index contributed by atoms with van der Waals surface area (Å²) in [5.41, 5.74) is 2.80. The van der Waals surface area contributed by atoms with E-state index in [1.54, 1.807) is 7.11 Å². The minimum atomic E-state index is 0.530. The first-order valence-electron chi connectivity index (χ1n) is 7.53. The van der Waals surface area contributed by atoms with Crippen LogP contribution >= 0.6 is 15.9 Å². The molecule has 0 heterocycles. The van der Waals surface area contributed by atoms with E-state index in [2.05, 4.69) is 40.2 Å². The van der Waals surface area contributed by atoms with Gasteiger partial charge in [-0.2, -0.15) is 0 Å². The second-order valence-electron chi connectivity index (χ2n) is 5.64. The number of benzene rings is 1. The molecule has 1 saturated carbocycles. The molecular formula is C17H25BrO. The second kappa shape index (κ2) is 8.06. The summed E-state index contributed by atoms with van der Waals surface area (Å²) in [4.78, 5) is 0.530. The van der Waals surface area contributed by atoms with Gasteiger partial charge in [0.1, 0.15) is 0 Å². The van der Waals surface area contributed by atoms with Crippen LogP contribution in [0.15, 0.2) is 24.3 Å². The molecule has 0 saturated heterocycles. The highest BCUT2D eigenvalue weighted by atomic mass is 79.9. The lowest BCUT2D eigenvalue weighted by Gasteiger charge is -2.21. The van der Waals surface area contributed by atoms with Crippen molar-refractivity contribution in [1.29, 1.82) is 0 Å². The Kier molecular flexibility index (Phi) is 6.39. The molecule has 1 aromatic rings. The Balaban J connectivity index is 1.95. The van der Waals surface area contributed by atoms with Crippen molar-refractivity contribution in [3.8, 4) is 0 Å². The Bertz CT molecular complexity index is 352. The molecule has 0 bridgehead atoms. The number of ether oxygens (including phenoxy) is 1. The van der Waals surface area contributed by atoms with E-state index < -0.39 is 0 Å². The van der Waals surface area contributed by atoms with E-state index in [1.165, 1.54) is 49.7 Å². The lowest BCUT2D eigenvalue weighted by molar-refractivity contribution is 0.202. The van der Waals surface area contributed by atoms with Crippen molar-refractivity contribution in [2.24, 2.45) is 5.92 Å². The van der Waals surface area contributed by atoms with Gasteiger partial charge in [-0.05, 0) is 36.3 Å². The summed E-state index contributed by atoms with van der Waals surface area (Å²) >= 11 is 3.93. The number of halogens is 1. The van der Waals surface area contributed by atoms with Gasteiger partial charge in [0.15, 0.2) is 0 Å². The van der Waals surface area contributed by atoms with Crippen LogP contribution in [0.5, 0.6) is 0 Å². The Morgan fingerprint density at radius 2 is 1.74 bits per heavy atom. The fourth-order valence-electron chi connectivity index (χ4n) is 2.96. The maximum atomic E-state index is 5.12. The largest absolute Gasteiger partial charge is 0.384 e. The Morgan fingerprint density at radius 1 is 1.11 bits per heavy atom. The first-order chi connectivity index (χ1) is 9.31. The van der Waals surface area contributed by atoms with Gasteiger partial charge in [-0.3, -0.25) is 0 Å². The maximum absolute atomic E-state index is 5.12. The standard InChI is InChI=1S/C17H25BrO/c1-19-13-12-14-8-10-16(11-9-14)17(18)15-6-4-2-3-5-7-15/h8-11,15,17H,2-7,12-13H2,1H3. The highest BCUT2D eigenvalue weighted by Crippen LogP contribution is 2.39. The highest BCUT2D eigenvalue weighted by molar-refractivity contribution is 9.09. The molecular weight excluding hydrogens is 300 g/mol. The predicted octanol–water partition coefficient (Wildman–Crippen LogP) is 5.28. The number of rotatable bonds is 5. The number of hydrogen-bond donors (Lipinski definition) is 0. The monoisotopic (exact) mass is 324 g/mol. The average molecular weight is 325 g/mol. The lowest BCUT2D eigenvalue weighted by Crippen LogP contribution is -2.07. The summed E-state index contributed by atoms with van der Waals surface area (Å²) in [7, 11) is 1.76. The van der Waals surface area contributed by atoms with Gasteiger partial charge in [-0.1, -0.05) is 65.9 Å². The minimum absolute atomic E-state index is 0.530. The van der Waals surface area contributed by atoms with E-state index in [-0.39, 0.29) is 0 Å². The molecule has 1 unspecified atom stereocenters. The fraction of sp³-hybridized carbons (Fsp3) is 0.647. The van der Waals surface area contributed by atoms with Crippen LogP contribution in [0.3, 0.4) is 0 Å². The topological polar surface area (TPSA) is 9.23 Å². The van der Waals surface area contributed by atoms with Crippen LogP contribution in [-0.4, -0.2) is 13.7 Å². The summed E-state index contributed by atoms with van der Waals surface area (Å²) in [6, 6.07) is 9.07. The van der Waals surface area contributed by atoms with Crippen LogP contribution in [0.4, 0.5) is 0 Å². The van der Waals surface area contributed by atoms with Gasteiger partial charge in [0, 0.05) is 11.9 Å². The van der Waals surface area contributed by atoms with Crippen LogP contribution in [0.25, 0.3) is 0 Å². The molecule has 2 rings (SSSR count). The lowest BCUT2D eigenvalue weighted by atomic mass is 9.92. The van der Waals surface area contributed by atoms with Gasteiger partial charge in [0.25, 0.3) is 0 Å². The fourth-order valence-corrected chi connectivity index (χ4v) is 3.80. The Morgan fingerprint density at radius 3 is 2.32 bits per heavy atom. The maximum Gasteiger partial charge on any atom is 0.0502 e. The molecule has 0 spiro atoms. The summed E-state index contributed by atoms with van der Waals surface area (Å²) in [6.07, 6.45) is 9.41. The molecule has 1 nitrogen and oxygen atoms in total. The SMILES string of the molecule is COCCc1ccc(C(Br)C2CCCCCC2)cc1. The van der Waals surface area contributed by atoms with Crippen LogP contribution in [0.1, 0.15) is 54.5 Å². The highest BCUT2D eigenvalue weighted by Gasteiger charge is 2.21. The van der Waals surface area contributed by atoms with Crippen molar-refractivity contribution >= 4 is 15.9 Å². The van der Waals surface area contributed by atoms with Crippen LogP contribution < -0.4 is 0 Å². The van der Waals surface area contributed by atoms with Crippen LogP contribution in [0.2, 0.25) is 0 Å². The van der Waals surface area contributed by atoms with Gasteiger partial charge >= 0.3 is 0 Å². The average Bonchev–Trinajstić information content (AvgIpc) is 2.74. The molecule has 0 N–H and O–H groups in total. The molecule has 106 valence electrons. The first kappa shape index (κ1) is 15.1. The normalized spacial score (nSPS) is 19.1. The zero-order chi connectivity index (χ0) is 13.5. The van der Waals surface area contributed by atoms with E-state index in [1.807, 2.05) is 0 Å². The predicted molar refractivity (Wildman–Crippen MR) is 84.9 cm³/mol. The zero-order valence-electron chi connectivity index (χ0n) is 11.9. The summed E-state index contributed by atoms with van der Waals surface area (Å²) < 4.78 is 5.12. The molecule has 1 aromatic carbocycles. The van der Waals surface area contributed by atoms with Gasteiger partial charge in [0.05, 0.1) is 6.61 Å². The molecule has 1 aliphatic carbocycles. The smallest absolute Gasteiger partial charge is 0.0502 e. The third-order valence-corrected chi connectivity index (χ3v) is 5.48. The Labute approximate surface area is 125 Å². The van der Waals surface area contributed by atoms with Crippen molar-refractivity contribution in [3.05, 3.63) is 35.4 Å². The van der Waals surface area contributed by atoms with Crippen molar-refractivity contribution in [2.75, 3.05) is 13.7 Å². The molecule has 2 heteroatoms. The van der Waals surface area contributed by atoms with Crippen molar-refractivity contribution in [2.45, 2.75) is 49.8 Å². The number of methoxy groups -OCH3 is 1. The zero-order valence-corrected chi connectivity index (χ0v) is 13.5. The molecule has 1 fully saturated rings. The van der Waals surface area contributed by atoms with E-state index in [0.29, 0.717) is 4.83 Å². The number of hydrogen-bond acceptors (Lipinski definition) is 1. The first-order valence-corrected chi connectivity index (χ1v) is 8.44.